The van der Waals surface area contributed by atoms with Crippen molar-refractivity contribution in [1.82, 2.24) is 4.90 Å². The molecular formula is C18H17NO5. The van der Waals surface area contributed by atoms with Crippen LogP contribution in [0.1, 0.15) is 17.4 Å². The molecule has 1 aromatic carbocycles. The van der Waals surface area contributed by atoms with E-state index in [0.717, 1.165) is 0 Å². The summed E-state index contributed by atoms with van der Waals surface area (Å²) in [4.78, 5) is 26.3. The Labute approximate surface area is 138 Å². The maximum absolute atomic E-state index is 12.5. The van der Waals surface area contributed by atoms with Gasteiger partial charge in [0, 0.05) is 19.2 Å². The quantitative estimate of drug-likeness (QED) is 0.518. The molecule has 2 aromatic rings. The monoisotopic (exact) mass is 327 g/mol. The fourth-order valence-electron chi connectivity index (χ4n) is 2.79. The fraction of sp³-hybridized carbons (Fsp3) is 0.222. The van der Waals surface area contributed by atoms with E-state index >= 15 is 0 Å². The zero-order chi connectivity index (χ0) is 17.1. The van der Waals surface area contributed by atoms with E-state index in [9.17, 15) is 14.7 Å². The molecule has 6 heteroatoms. The van der Waals surface area contributed by atoms with Crippen molar-refractivity contribution >= 4 is 17.4 Å². The van der Waals surface area contributed by atoms with Crippen molar-refractivity contribution in [2.75, 3.05) is 20.3 Å². The second-order valence-corrected chi connectivity index (χ2v) is 5.37. The molecule has 24 heavy (non-hydrogen) atoms. The Balaban J connectivity index is 2.12. The SMILES string of the molecule is COCCN1C(=O)C(=O)/C(=C(\O)c2ccccc2)C1c1ccco1. The Morgan fingerprint density at radius 3 is 2.58 bits per heavy atom. The van der Waals surface area contributed by atoms with Crippen LogP contribution in [-0.4, -0.2) is 42.0 Å². The van der Waals surface area contributed by atoms with Gasteiger partial charge in [-0.1, -0.05) is 30.3 Å². The maximum atomic E-state index is 12.5. The predicted octanol–water partition coefficient (Wildman–Crippen LogP) is 2.35. The number of benzene rings is 1. The highest BCUT2D eigenvalue weighted by Crippen LogP contribution is 2.39. The van der Waals surface area contributed by atoms with Crippen LogP contribution in [0.25, 0.3) is 5.76 Å². The summed E-state index contributed by atoms with van der Waals surface area (Å²) in [5, 5.41) is 10.6. The van der Waals surface area contributed by atoms with Crippen molar-refractivity contribution in [3.63, 3.8) is 0 Å². The molecular weight excluding hydrogens is 310 g/mol. The van der Waals surface area contributed by atoms with Crippen molar-refractivity contribution in [2.24, 2.45) is 0 Å². The second-order valence-electron chi connectivity index (χ2n) is 5.37. The number of nitrogens with zero attached hydrogens (tertiary/aromatic N) is 1. The number of methoxy groups -OCH3 is 1. The van der Waals surface area contributed by atoms with Crippen LogP contribution in [0.4, 0.5) is 0 Å². The van der Waals surface area contributed by atoms with Gasteiger partial charge in [0.25, 0.3) is 11.7 Å². The molecule has 0 saturated carbocycles. The van der Waals surface area contributed by atoms with Crippen molar-refractivity contribution < 1.29 is 23.8 Å². The Hall–Kier alpha value is -2.86. The summed E-state index contributed by atoms with van der Waals surface area (Å²) in [6, 6.07) is 11.2. The standard InChI is InChI=1S/C18H17NO5/c1-23-11-9-19-15(13-8-5-10-24-13)14(17(21)18(19)22)16(20)12-6-3-2-4-7-12/h2-8,10,15,20H,9,11H2,1H3/b16-14-. The van der Waals surface area contributed by atoms with E-state index < -0.39 is 17.7 Å². The number of Topliss-reactive ketones (excluding diaryl/α,β-unsaturated/α-hetero) is 1. The molecule has 0 bridgehead atoms. The number of rotatable bonds is 5. The van der Waals surface area contributed by atoms with Gasteiger partial charge in [0.2, 0.25) is 0 Å². The third kappa shape index (κ3) is 2.72. The lowest BCUT2D eigenvalue weighted by Gasteiger charge is -2.22. The Bertz CT molecular complexity index is 764. The molecule has 1 fully saturated rings. The van der Waals surface area contributed by atoms with Crippen molar-refractivity contribution in [3.8, 4) is 0 Å². The molecule has 0 spiro atoms. The van der Waals surface area contributed by atoms with Gasteiger partial charge >= 0.3 is 0 Å². The minimum Gasteiger partial charge on any atom is -0.507 e. The molecule has 1 atom stereocenters. The lowest BCUT2D eigenvalue weighted by molar-refractivity contribution is -0.140. The van der Waals surface area contributed by atoms with Gasteiger partial charge in [0.1, 0.15) is 17.6 Å². The smallest absolute Gasteiger partial charge is 0.295 e. The number of furan rings is 1. The number of hydrogen-bond donors (Lipinski definition) is 1. The lowest BCUT2D eigenvalue weighted by Crippen LogP contribution is -2.32. The van der Waals surface area contributed by atoms with Crippen LogP contribution in [0, 0.1) is 0 Å². The third-order valence-electron chi connectivity index (χ3n) is 3.94. The predicted molar refractivity (Wildman–Crippen MR) is 86.0 cm³/mol. The molecule has 1 unspecified atom stereocenters. The maximum Gasteiger partial charge on any atom is 0.295 e. The molecule has 124 valence electrons. The van der Waals surface area contributed by atoms with E-state index in [2.05, 4.69) is 0 Å². The summed E-state index contributed by atoms with van der Waals surface area (Å²) in [5.41, 5.74) is 0.496. The first-order valence-electron chi connectivity index (χ1n) is 7.51. The van der Waals surface area contributed by atoms with Crippen LogP contribution in [0.3, 0.4) is 0 Å². The van der Waals surface area contributed by atoms with Gasteiger partial charge in [-0.25, -0.2) is 0 Å². The summed E-state index contributed by atoms with van der Waals surface area (Å²) in [5.74, 6) is -1.20. The Morgan fingerprint density at radius 2 is 1.96 bits per heavy atom. The van der Waals surface area contributed by atoms with E-state index in [1.54, 1.807) is 42.5 Å². The number of carbonyl (C=O) groups is 2. The fourth-order valence-corrected chi connectivity index (χ4v) is 2.79. The summed E-state index contributed by atoms with van der Waals surface area (Å²) in [7, 11) is 1.52. The van der Waals surface area contributed by atoms with E-state index in [-0.39, 0.29) is 24.5 Å². The number of aliphatic hydroxyl groups excluding tert-OH is 1. The summed E-state index contributed by atoms with van der Waals surface area (Å²) in [6.45, 7) is 0.494. The van der Waals surface area contributed by atoms with Crippen molar-refractivity contribution in [3.05, 3.63) is 65.6 Å². The highest BCUT2D eigenvalue weighted by molar-refractivity contribution is 6.46. The summed E-state index contributed by atoms with van der Waals surface area (Å²) in [6.07, 6.45) is 1.47. The molecule has 0 aliphatic carbocycles. The summed E-state index contributed by atoms with van der Waals surface area (Å²) < 4.78 is 10.4. The minimum atomic E-state index is -0.768. The van der Waals surface area contributed by atoms with E-state index in [1.165, 1.54) is 18.3 Å². The molecule has 1 N–H and O–H groups in total. The Kier molecular flexibility index (Phi) is 4.48. The van der Waals surface area contributed by atoms with E-state index in [4.69, 9.17) is 9.15 Å². The molecule has 1 amide bonds. The van der Waals surface area contributed by atoms with Gasteiger partial charge in [-0.15, -0.1) is 0 Å². The number of aliphatic hydroxyl groups is 1. The second kappa shape index (κ2) is 6.72. The zero-order valence-corrected chi connectivity index (χ0v) is 13.1. The number of likely N-dealkylation sites (tertiary alicyclic amines) is 1. The van der Waals surface area contributed by atoms with Crippen LogP contribution in [0.2, 0.25) is 0 Å². The first kappa shape index (κ1) is 16.0. The highest BCUT2D eigenvalue weighted by Gasteiger charge is 2.47. The Morgan fingerprint density at radius 1 is 1.21 bits per heavy atom. The third-order valence-corrected chi connectivity index (χ3v) is 3.94. The number of amides is 1. The van der Waals surface area contributed by atoms with Crippen molar-refractivity contribution in [2.45, 2.75) is 6.04 Å². The van der Waals surface area contributed by atoms with Gasteiger partial charge in [-0.05, 0) is 12.1 Å². The molecule has 1 aromatic heterocycles. The molecule has 0 radical (unpaired) electrons. The lowest BCUT2D eigenvalue weighted by atomic mass is 9.99. The number of ketones is 1. The average Bonchev–Trinajstić information content (AvgIpc) is 3.21. The minimum absolute atomic E-state index is 0.0252. The van der Waals surface area contributed by atoms with Crippen LogP contribution in [0.5, 0.6) is 0 Å². The molecule has 3 rings (SSSR count). The van der Waals surface area contributed by atoms with Crippen LogP contribution >= 0.6 is 0 Å². The summed E-state index contributed by atoms with van der Waals surface area (Å²) >= 11 is 0. The zero-order valence-electron chi connectivity index (χ0n) is 13.1. The van der Waals surface area contributed by atoms with E-state index in [0.29, 0.717) is 11.3 Å². The molecule has 2 heterocycles. The normalized spacial score (nSPS) is 19.9. The van der Waals surface area contributed by atoms with Crippen LogP contribution in [-0.2, 0) is 14.3 Å². The van der Waals surface area contributed by atoms with Gasteiger partial charge in [0.15, 0.2) is 0 Å². The number of hydrogen-bond acceptors (Lipinski definition) is 5. The number of carbonyl (C=O) groups excluding carboxylic acids is 2. The van der Waals surface area contributed by atoms with Gasteiger partial charge in [-0.2, -0.15) is 0 Å². The van der Waals surface area contributed by atoms with Gasteiger partial charge in [-0.3, -0.25) is 9.59 Å². The topological polar surface area (TPSA) is 80.0 Å². The molecule has 1 aliphatic heterocycles. The highest BCUT2D eigenvalue weighted by atomic mass is 16.5. The molecule has 1 aliphatic rings. The molecule has 6 nitrogen and oxygen atoms in total. The number of ether oxygens (including phenoxy) is 1. The van der Waals surface area contributed by atoms with Gasteiger partial charge < -0.3 is 19.2 Å². The van der Waals surface area contributed by atoms with Crippen molar-refractivity contribution in [1.29, 1.82) is 0 Å². The molecule has 1 saturated heterocycles. The largest absolute Gasteiger partial charge is 0.507 e. The first-order chi connectivity index (χ1) is 11.6. The van der Waals surface area contributed by atoms with Crippen LogP contribution < -0.4 is 0 Å². The first-order valence-corrected chi connectivity index (χ1v) is 7.51. The average molecular weight is 327 g/mol. The van der Waals surface area contributed by atoms with E-state index in [1.807, 2.05) is 0 Å². The van der Waals surface area contributed by atoms with Crippen LogP contribution in [0.15, 0.2) is 58.7 Å². The van der Waals surface area contributed by atoms with Gasteiger partial charge in [0.05, 0.1) is 18.4 Å².